The van der Waals surface area contributed by atoms with Gasteiger partial charge in [0.05, 0.1) is 6.20 Å². The van der Waals surface area contributed by atoms with Gasteiger partial charge >= 0.3 is 0 Å². The third kappa shape index (κ3) is 2.18. The Balaban J connectivity index is 2.23. The van der Waals surface area contributed by atoms with Gasteiger partial charge in [0.1, 0.15) is 0 Å². The molecule has 0 aromatic carbocycles. The lowest BCUT2D eigenvalue weighted by molar-refractivity contribution is 0.301. The first-order valence-corrected chi connectivity index (χ1v) is 6.13. The molecule has 2 rings (SSSR count). The van der Waals surface area contributed by atoms with Crippen LogP contribution in [0.1, 0.15) is 33.1 Å². The predicted molar refractivity (Wildman–Crippen MR) is 66.2 cm³/mol. The summed E-state index contributed by atoms with van der Waals surface area (Å²) in [5.74, 6) is 0.0929. The molecule has 0 aliphatic carbocycles. The van der Waals surface area contributed by atoms with Gasteiger partial charge in [-0.05, 0) is 24.7 Å². The van der Waals surface area contributed by atoms with E-state index in [0.29, 0.717) is 11.2 Å². The number of aromatic nitrogens is 2. The molecule has 0 spiro atoms. The van der Waals surface area contributed by atoms with Gasteiger partial charge in [-0.2, -0.15) is 4.98 Å². The van der Waals surface area contributed by atoms with Crippen LogP contribution >= 0.6 is 0 Å². The number of rotatable bonds is 3. The van der Waals surface area contributed by atoms with Crippen LogP contribution in [-0.2, 0) is 0 Å². The third-order valence-electron chi connectivity index (χ3n) is 3.98. The van der Waals surface area contributed by atoms with Gasteiger partial charge in [-0.15, -0.1) is 0 Å². The van der Waals surface area contributed by atoms with Gasteiger partial charge in [0.2, 0.25) is 5.95 Å². The van der Waals surface area contributed by atoms with Gasteiger partial charge in [-0.1, -0.05) is 13.8 Å². The molecule has 0 amide bonds. The molecule has 2 N–H and O–H groups in total. The summed E-state index contributed by atoms with van der Waals surface area (Å²) in [5, 5.41) is 0. The Morgan fingerprint density at radius 1 is 1.47 bits per heavy atom. The maximum atomic E-state index is 13.7. The Kier molecular flexibility index (Phi) is 3.17. The van der Waals surface area contributed by atoms with Crippen LogP contribution in [0.5, 0.6) is 0 Å². The minimum absolute atomic E-state index is 0.131. The van der Waals surface area contributed by atoms with Gasteiger partial charge in [0.15, 0.2) is 11.6 Å². The normalized spacial score (nSPS) is 18.6. The van der Waals surface area contributed by atoms with E-state index in [9.17, 15) is 4.39 Å². The number of nitrogen functional groups attached to an aromatic ring is 1. The summed E-state index contributed by atoms with van der Waals surface area (Å²) in [6.45, 7) is 6.08. The van der Waals surface area contributed by atoms with Crippen molar-refractivity contribution in [3.05, 3.63) is 12.0 Å². The maximum absolute atomic E-state index is 13.7. The number of nitrogens with two attached hydrogens (primary N) is 1. The van der Waals surface area contributed by atoms with Crippen LogP contribution in [0.3, 0.4) is 0 Å². The topological polar surface area (TPSA) is 55.0 Å². The van der Waals surface area contributed by atoms with E-state index in [1.165, 1.54) is 0 Å². The molecule has 4 nitrogen and oxygen atoms in total. The molecule has 1 aromatic heterocycles. The molecule has 1 aliphatic rings. The zero-order valence-corrected chi connectivity index (χ0v) is 10.4. The van der Waals surface area contributed by atoms with Crippen molar-refractivity contribution in [3.8, 4) is 0 Å². The molecule has 1 aromatic rings. The largest absolute Gasteiger partial charge is 0.368 e. The van der Waals surface area contributed by atoms with E-state index >= 15 is 0 Å². The standard InChI is InChI=1S/C12H19FN4/c1-3-12(4-2)5-6-17(8-12)10-9(13)7-15-11(14)16-10/h7H,3-6,8H2,1-2H3,(H2,14,15,16). The van der Waals surface area contributed by atoms with Gasteiger partial charge in [-0.3, -0.25) is 0 Å². The highest BCUT2D eigenvalue weighted by Crippen LogP contribution is 2.38. The second kappa shape index (κ2) is 4.47. The van der Waals surface area contributed by atoms with Crippen molar-refractivity contribution in [1.29, 1.82) is 0 Å². The van der Waals surface area contributed by atoms with Crippen LogP contribution in [0.2, 0.25) is 0 Å². The first kappa shape index (κ1) is 12.1. The van der Waals surface area contributed by atoms with Gasteiger partial charge in [0, 0.05) is 13.1 Å². The summed E-state index contributed by atoms with van der Waals surface area (Å²) in [6, 6.07) is 0. The highest BCUT2D eigenvalue weighted by atomic mass is 19.1. The minimum atomic E-state index is -0.387. The van der Waals surface area contributed by atoms with E-state index in [-0.39, 0.29) is 11.8 Å². The van der Waals surface area contributed by atoms with Crippen LogP contribution in [0.25, 0.3) is 0 Å². The molecule has 0 bridgehead atoms. The van der Waals surface area contributed by atoms with E-state index in [1.807, 2.05) is 4.90 Å². The fraction of sp³-hybridized carbons (Fsp3) is 0.667. The predicted octanol–water partition coefficient (Wildman–Crippen LogP) is 2.21. The van der Waals surface area contributed by atoms with Crippen molar-refractivity contribution in [1.82, 2.24) is 9.97 Å². The van der Waals surface area contributed by atoms with Crippen molar-refractivity contribution in [2.45, 2.75) is 33.1 Å². The lowest BCUT2D eigenvalue weighted by Crippen LogP contribution is -2.27. The lowest BCUT2D eigenvalue weighted by atomic mass is 9.82. The molecule has 1 saturated heterocycles. The summed E-state index contributed by atoms with van der Waals surface area (Å²) in [6.07, 6.45) is 4.46. The monoisotopic (exact) mass is 238 g/mol. The molecule has 2 heterocycles. The first-order valence-electron chi connectivity index (χ1n) is 6.13. The quantitative estimate of drug-likeness (QED) is 0.877. The average molecular weight is 238 g/mol. The minimum Gasteiger partial charge on any atom is -0.368 e. The number of hydrogen-bond donors (Lipinski definition) is 1. The molecule has 94 valence electrons. The smallest absolute Gasteiger partial charge is 0.222 e. The lowest BCUT2D eigenvalue weighted by Gasteiger charge is -2.26. The average Bonchev–Trinajstić information content (AvgIpc) is 2.77. The van der Waals surface area contributed by atoms with Crippen molar-refractivity contribution >= 4 is 11.8 Å². The molecule has 5 heteroatoms. The third-order valence-corrected chi connectivity index (χ3v) is 3.98. The van der Waals surface area contributed by atoms with E-state index < -0.39 is 0 Å². The molecular formula is C12H19FN4. The summed E-state index contributed by atoms with van der Waals surface area (Å²) in [4.78, 5) is 9.65. The van der Waals surface area contributed by atoms with Gasteiger partial charge < -0.3 is 10.6 Å². The molecule has 0 unspecified atom stereocenters. The number of nitrogens with zero attached hydrogens (tertiary/aromatic N) is 3. The second-order valence-corrected chi connectivity index (χ2v) is 4.78. The molecular weight excluding hydrogens is 219 g/mol. The van der Waals surface area contributed by atoms with Crippen LogP contribution in [0.15, 0.2) is 6.20 Å². The van der Waals surface area contributed by atoms with Crippen LogP contribution in [0.4, 0.5) is 16.2 Å². The van der Waals surface area contributed by atoms with E-state index in [0.717, 1.165) is 38.5 Å². The highest BCUT2D eigenvalue weighted by Gasteiger charge is 2.36. The molecule has 17 heavy (non-hydrogen) atoms. The number of halogens is 1. The Labute approximate surface area is 101 Å². The molecule has 1 fully saturated rings. The first-order chi connectivity index (χ1) is 8.10. The number of hydrogen-bond acceptors (Lipinski definition) is 4. The van der Waals surface area contributed by atoms with E-state index in [1.54, 1.807) is 0 Å². The second-order valence-electron chi connectivity index (χ2n) is 4.78. The Morgan fingerprint density at radius 3 is 2.76 bits per heavy atom. The van der Waals surface area contributed by atoms with Crippen LogP contribution in [-0.4, -0.2) is 23.1 Å². The Bertz CT molecular complexity index is 403. The van der Waals surface area contributed by atoms with Crippen molar-refractivity contribution in [2.24, 2.45) is 5.41 Å². The summed E-state index contributed by atoms with van der Waals surface area (Å²) in [7, 11) is 0. The van der Waals surface area contributed by atoms with Crippen molar-refractivity contribution in [2.75, 3.05) is 23.7 Å². The summed E-state index contributed by atoms with van der Waals surface area (Å²) < 4.78 is 13.7. The molecule has 0 saturated carbocycles. The fourth-order valence-electron chi connectivity index (χ4n) is 2.54. The summed E-state index contributed by atoms with van der Waals surface area (Å²) in [5.41, 5.74) is 5.81. The Hall–Kier alpha value is -1.39. The molecule has 0 radical (unpaired) electrons. The fourth-order valence-corrected chi connectivity index (χ4v) is 2.54. The van der Waals surface area contributed by atoms with Gasteiger partial charge in [0.25, 0.3) is 0 Å². The number of anilines is 2. The highest BCUT2D eigenvalue weighted by molar-refractivity contribution is 5.44. The zero-order chi connectivity index (χ0) is 12.5. The van der Waals surface area contributed by atoms with E-state index in [4.69, 9.17) is 5.73 Å². The Morgan fingerprint density at radius 2 is 2.18 bits per heavy atom. The van der Waals surface area contributed by atoms with Gasteiger partial charge in [-0.25, -0.2) is 9.37 Å². The van der Waals surface area contributed by atoms with Crippen LogP contribution < -0.4 is 10.6 Å². The SMILES string of the molecule is CCC1(CC)CCN(c2nc(N)ncc2F)C1. The van der Waals surface area contributed by atoms with E-state index in [2.05, 4.69) is 23.8 Å². The molecule has 0 atom stereocenters. The van der Waals surface area contributed by atoms with Crippen molar-refractivity contribution in [3.63, 3.8) is 0 Å². The zero-order valence-electron chi connectivity index (χ0n) is 10.4. The maximum Gasteiger partial charge on any atom is 0.222 e. The van der Waals surface area contributed by atoms with Crippen molar-refractivity contribution < 1.29 is 4.39 Å². The van der Waals surface area contributed by atoms with Crippen LogP contribution in [0, 0.1) is 11.2 Å². The summed E-state index contributed by atoms with van der Waals surface area (Å²) >= 11 is 0. The molecule has 1 aliphatic heterocycles.